The third kappa shape index (κ3) is 3.05. The van der Waals surface area contributed by atoms with E-state index in [9.17, 15) is 15.3 Å². The highest BCUT2D eigenvalue weighted by molar-refractivity contribution is 5.45. The molecule has 1 fully saturated rings. The first-order valence-corrected chi connectivity index (χ1v) is 6.16. The van der Waals surface area contributed by atoms with Gasteiger partial charge >= 0.3 is 0 Å². The number of hydrogen-bond acceptors (Lipinski definition) is 6. The van der Waals surface area contributed by atoms with Crippen LogP contribution in [0.2, 0.25) is 0 Å². The molecule has 6 heteroatoms. The van der Waals surface area contributed by atoms with E-state index in [1.54, 1.807) is 0 Å². The van der Waals surface area contributed by atoms with E-state index in [-0.39, 0.29) is 0 Å². The summed E-state index contributed by atoms with van der Waals surface area (Å²) in [5.41, 5.74) is 1.81. The smallest absolute Gasteiger partial charge is 0.157 e. The molecule has 0 aliphatic carbocycles. The fourth-order valence-corrected chi connectivity index (χ4v) is 2.03. The third-order valence-corrected chi connectivity index (χ3v) is 3.25. The summed E-state index contributed by atoms with van der Waals surface area (Å²) >= 11 is 0. The molecule has 0 spiro atoms. The predicted molar refractivity (Wildman–Crippen MR) is 68.6 cm³/mol. The van der Waals surface area contributed by atoms with Crippen molar-refractivity contribution >= 4 is 5.69 Å². The molecule has 0 unspecified atom stereocenters. The Labute approximate surface area is 111 Å². The van der Waals surface area contributed by atoms with Crippen molar-refractivity contribution < 1.29 is 25.2 Å². The van der Waals surface area contributed by atoms with Gasteiger partial charge in [0.1, 0.15) is 24.4 Å². The number of rotatable bonds is 3. The molecule has 1 aromatic rings. The molecular weight excluding hydrogens is 250 g/mol. The summed E-state index contributed by atoms with van der Waals surface area (Å²) in [6.07, 6.45) is -5.77. The van der Waals surface area contributed by atoms with Gasteiger partial charge in [0.15, 0.2) is 6.23 Å². The fraction of sp³-hybridized carbons (Fsp3) is 0.538. The van der Waals surface area contributed by atoms with Crippen LogP contribution in [-0.4, -0.2) is 57.7 Å². The maximum Gasteiger partial charge on any atom is 0.157 e. The summed E-state index contributed by atoms with van der Waals surface area (Å²) in [7, 11) is 0. The number of nitrogens with one attached hydrogen (secondary N) is 1. The second-order valence-electron chi connectivity index (χ2n) is 4.76. The van der Waals surface area contributed by atoms with Crippen LogP contribution in [-0.2, 0) is 4.74 Å². The van der Waals surface area contributed by atoms with Gasteiger partial charge in [0, 0.05) is 5.69 Å². The van der Waals surface area contributed by atoms with Crippen LogP contribution in [0.3, 0.4) is 0 Å². The molecule has 1 heterocycles. The van der Waals surface area contributed by atoms with Crippen molar-refractivity contribution in [1.29, 1.82) is 0 Å². The monoisotopic (exact) mass is 269 g/mol. The lowest BCUT2D eigenvalue weighted by Crippen LogP contribution is -2.60. The minimum absolute atomic E-state index is 0.434. The highest BCUT2D eigenvalue weighted by Crippen LogP contribution is 2.22. The van der Waals surface area contributed by atoms with Crippen molar-refractivity contribution in [2.45, 2.75) is 37.6 Å². The number of aliphatic hydroxyl groups is 4. The maximum absolute atomic E-state index is 9.86. The van der Waals surface area contributed by atoms with E-state index < -0.39 is 37.3 Å². The fourth-order valence-electron chi connectivity index (χ4n) is 2.03. The van der Waals surface area contributed by atoms with Gasteiger partial charge in [0.25, 0.3) is 0 Å². The molecule has 0 radical (unpaired) electrons. The van der Waals surface area contributed by atoms with Gasteiger partial charge < -0.3 is 30.5 Å². The zero-order valence-corrected chi connectivity index (χ0v) is 10.6. The summed E-state index contributed by atoms with van der Waals surface area (Å²) in [6, 6.07) is 7.42. The van der Waals surface area contributed by atoms with Crippen molar-refractivity contribution in [3.8, 4) is 0 Å². The van der Waals surface area contributed by atoms with Crippen molar-refractivity contribution in [3.63, 3.8) is 0 Å². The Morgan fingerprint density at radius 2 is 1.68 bits per heavy atom. The zero-order chi connectivity index (χ0) is 14.0. The molecule has 0 saturated carbocycles. The van der Waals surface area contributed by atoms with E-state index in [1.165, 1.54) is 0 Å². The van der Waals surface area contributed by atoms with Gasteiger partial charge in [0.2, 0.25) is 0 Å². The van der Waals surface area contributed by atoms with Crippen molar-refractivity contribution in [3.05, 3.63) is 29.8 Å². The highest BCUT2D eigenvalue weighted by atomic mass is 16.6. The molecule has 19 heavy (non-hydrogen) atoms. The lowest BCUT2D eigenvalue weighted by atomic mass is 9.98. The third-order valence-electron chi connectivity index (χ3n) is 3.25. The van der Waals surface area contributed by atoms with Gasteiger partial charge in [-0.15, -0.1) is 0 Å². The second-order valence-corrected chi connectivity index (χ2v) is 4.76. The molecule has 1 aliphatic rings. The number of hydrogen-bond donors (Lipinski definition) is 5. The molecule has 5 atom stereocenters. The standard InChI is InChI=1S/C13H19NO5/c1-7-2-4-8(5-3-7)14-13-12(18)11(17)10(16)9(6-15)19-13/h2-5,9-18H,6H2,1H3/t9-,10-,11+,12+,13-/m0/s1. The van der Waals surface area contributed by atoms with Gasteiger partial charge in [0.05, 0.1) is 6.61 Å². The molecule has 1 saturated heterocycles. The van der Waals surface area contributed by atoms with E-state index in [2.05, 4.69) is 5.32 Å². The van der Waals surface area contributed by atoms with Crippen LogP contribution in [0.15, 0.2) is 24.3 Å². The number of anilines is 1. The summed E-state index contributed by atoms with van der Waals surface area (Å²) in [5, 5.41) is 41.2. The van der Waals surface area contributed by atoms with Crippen LogP contribution in [0.25, 0.3) is 0 Å². The Morgan fingerprint density at radius 3 is 2.26 bits per heavy atom. The zero-order valence-electron chi connectivity index (χ0n) is 10.6. The summed E-state index contributed by atoms with van der Waals surface area (Å²) < 4.78 is 5.34. The summed E-state index contributed by atoms with van der Waals surface area (Å²) in [4.78, 5) is 0. The molecule has 106 valence electrons. The molecule has 0 bridgehead atoms. The lowest BCUT2D eigenvalue weighted by molar-refractivity contribution is -0.221. The normalized spacial score (nSPS) is 35.1. The Hall–Kier alpha value is -1.18. The number of benzene rings is 1. The number of aliphatic hydroxyl groups excluding tert-OH is 4. The first-order valence-electron chi connectivity index (χ1n) is 6.16. The number of ether oxygens (including phenoxy) is 1. The van der Waals surface area contributed by atoms with E-state index in [0.29, 0.717) is 0 Å². The SMILES string of the molecule is Cc1ccc(N[C@H]2O[C@@H](CO)[C@H](O)[C@@H](O)[C@H]2O)cc1. The van der Waals surface area contributed by atoms with Gasteiger partial charge in [-0.25, -0.2) is 0 Å². The summed E-state index contributed by atoms with van der Waals surface area (Å²) in [5.74, 6) is 0. The van der Waals surface area contributed by atoms with Crippen molar-refractivity contribution in [2.24, 2.45) is 0 Å². The van der Waals surface area contributed by atoms with Crippen LogP contribution >= 0.6 is 0 Å². The Balaban J connectivity index is 2.08. The Morgan fingerprint density at radius 1 is 1.05 bits per heavy atom. The van der Waals surface area contributed by atoms with E-state index in [1.807, 2.05) is 31.2 Å². The van der Waals surface area contributed by atoms with Gasteiger partial charge in [-0.1, -0.05) is 17.7 Å². The first-order chi connectivity index (χ1) is 9.02. The largest absolute Gasteiger partial charge is 0.394 e. The minimum atomic E-state index is -1.37. The molecule has 1 aromatic carbocycles. The van der Waals surface area contributed by atoms with Gasteiger partial charge in [-0.05, 0) is 19.1 Å². The van der Waals surface area contributed by atoms with Crippen LogP contribution < -0.4 is 5.32 Å². The van der Waals surface area contributed by atoms with Gasteiger partial charge in [-0.2, -0.15) is 0 Å². The summed E-state index contributed by atoms with van der Waals surface area (Å²) in [6.45, 7) is 1.52. The van der Waals surface area contributed by atoms with E-state index in [4.69, 9.17) is 9.84 Å². The van der Waals surface area contributed by atoms with Crippen molar-refractivity contribution in [1.82, 2.24) is 0 Å². The van der Waals surface area contributed by atoms with E-state index in [0.717, 1.165) is 11.3 Å². The van der Waals surface area contributed by atoms with Gasteiger partial charge in [-0.3, -0.25) is 0 Å². The maximum atomic E-state index is 9.86. The molecule has 6 nitrogen and oxygen atoms in total. The lowest BCUT2D eigenvalue weighted by Gasteiger charge is -2.40. The van der Waals surface area contributed by atoms with Crippen LogP contribution in [0.4, 0.5) is 5.69 Å². The molecule has 0 aromatic heterocycles. The average Bonchev–Trinajstić information content (AvgIpc) is 2.42. The predicted octanol–water partition coefficient (Wildman–Crippen LogP) is -0.793. The topological polar surface area (TPSA) is 102 Å². The Bertz CT molecular complexity index is 408. The van der Waals surface area contributed by atoms with Crippen molar-refractivity contribution in [2.75, 3.05) is 11.9 Å². The first kappa shape index (κ1) is 14.2. The molecule has 0 amide bonds. The number of aryl methyl sites for hydroxylation is 1. The molecule has 5 N–H and O–H groups in total. The molecule has 2 rings (SSSR count). The van der Waals surface area contributed by atoms with Crippen LogP contribution in [0, 0.1) is 6.92 Å². The van der Waals surface area contributed by atoms with E-state index >= 15 is 0 Å². The quantitative estimate of drug-likeness (QED) is 0.493. The second kappa shape index (κ2) is 5.85. The van der Waals surface area contributed by atoms with Crippen LogP contribution in [0.5, 0.6) is 0 Å². The average molecular weight is 269 g/mol. The minimum Gasteiger partial charge on any atom is -0.394 e. The van der Waals surface area contributed by atoms with Crippen LogP contribution in [0.1, 0.15) is 5.56 Å². The highest BCUT2D eigenvalue weighted by Gasteiger charge is 2.43. The molecule has 1 aliphatic heterocycles. The molecular formula is C13H19NO5. The Kier molecular flexibility index (Phi) is 4.38.